The maximum absolute atomic E-state index is 13.0. The molecule has 0 atom stereocenters. The quantitative estimate of drug-likeness (QED) is 0.243. The van der Waals surface area contributed by atoms with Crippen molar-refractivity contribution < 1.29 is 23.2 Å². The molecular formula is C22H18FN3O4S2. The number of esters is 1. The number of halogens is 1. The highest BCUT2D eigenvalue weighted by Crippen LogP contribution is 2.25. The molecule has 0 aliphatic rings. The van der Waals surface area contributed by atoms with Crippen LogP contribution >= 0.6 is 23.1 Å². The van der Waals surface area contributed by atoms with Crippen LogP contribution in [0.25, 0.3) is 0 Å². The van der Waals surface area contributed by atoms with Gasteiger partial charge in [0.2, 0.25) is 0 Å². The summed E-state index contributed by atoms with van der Waals surface area (Å²) in [5.41, 5.74) is 1.78. The van der Waals surface area contributed by atoms with E-state index in [0.717, 1.165) is 16.5 Å². The van der Waals surface area contributed by atoms with Crippen LogP contribution in [0, 0.1) is 12.7 Å². The summed E-state index contributed by atoms with van der Waals surface area (Å²) in [5, 5.41) is 7.04. The van der Waals surface area contributed by atoms with Gasteiger partial charge in [-0.15, -0.1) is 11.3 Å². The Hall–Kier alpha value is -3.24. The van der Waals surface area contributed by atoms with Crippen LogP contribution in [0.3, 0.4) is 0 Å². The molecule has 3 aromatic heterocycles. The fourth-order valence-electron chi connectivity index (χ4n) is 2.66. The van der Waals surface area contributed by atoms with E-state index in [0.29, 0.717) is 27.8 Å². The molecule has 0 saturated carbocycles. The Bertz CT molecular complexity index is 1190. The Morgan fingerprint density at radius 2 is 2.03 bits per heavy atom. The predicted molar refractivity (Wildman–Crippen MR) is 117 cm³/mol. The molecule has 0 aliphatic carbocycles. The summed E-state index contributed by atoms with van der Waals surface area (Å²) >= 11 is 2.78. The first-order chi connectivity index (χ1) is 15.6. The van der Waals surface area contributed by atoms with Gasteiger partial charge in [-0.3, -0.25) is 0 Å². The molecule has 0 aliphatic heterocycles. The van der Waals surface area contributed by atoms with Gasteiger partial charge in [-0.1, -0.05) is 16.9 Å². The minimum atomic E-state index is -0.478. The van der Waals surface area contributed by atoms with Crippen molar-refractivity contribution in [3.63, 3.8) is 0 Å². The molecule has 0 N–H and O–H groups in total. The SMILES string of the molecule is Cc1cc(CSc2ncccc2C(=O)OCc2csc(COc3ccc(F)cc3)n2)no1. The number of aryl methyl sites for hydroxylation is 1. The normalized spacial score (nSPS) is 10.8. The lowest BCUT2D eigenvalue weighted by Crippen LogP contribution is -2.08. The molecule has 0 unspecified atom stereocenters. The number of hydrogen-bond donors (Lipinski definition) is 0. The number of nitrogens with zero attached hydrogens (tertiary/aromatic N) is 3. The van der Waals surface area contributed by atoms with Crippen molar-refractivity contribution in [1.82, 2.24) is 15.1 Å². The molecule has 164 valence electrons. The van der Waals surface area contributed by atoms with Gasteiger partial charge in [-0.05, 0) is 43.3 Å². The Kier molecular flexibility index (Phi) is 7.13. The molecule has 0 spiro atoms. The highest BCUT2D eigenvalue weighted by atomic mass is 32.2. The van der Waals surface area contributed by atoms with E-state index in [4.69, 9.17) is 14.0 Å². The summed E-state index contributed by atoms with van der Waals surface area (Å²) in [6, 6.07) is 11.0. The summed E-state index contributed by atoms with van der Waals surface area (Å²) in [5.74, 6) is 1.01. The summed E-state index contributed by atoms with van der Waals surface area (Å²) in [4.78, 5) is 21.3. The van der Waals surface area contributed by atoms with Gasteiger partial charge < -0.3 is 14.0 Å². The minimum absolute atomic E-state index is 0.0351. The molecule has 0 fully saturated rings. The third-order valence-electron chi connectivity index (χ3n) is 4.15. The van der Waals surface area contributed by atoms with Crippen LogP contribution in [0.2, 0.25) is 0 Å². The van der Waals surface area contributed by atoms with Gasteiger partial charge >= 0.3 is 5.97 Å². The average molecular weight is 472 g/mol. The first-order valence-electron chi connectivity index (χ1n) is 9.55. The van der Waals surface area contributed by atoms with Crippen LogP contribution in [0.4, 0.5) is 4.39 Å². The smallest absolute Gasteiger partial charge is 0.341 e. The summed E-state index contributed by atoms with van der Waals surface area (Å²) in [6.45, 7) is 2.10. The van der Waals surface area contributed by atoms with Crippen LogP contribution in [0.5, 0.6) is 5.75 Å². The molecule has 0 bridgehead atoms. The third kappa shape index (κ3) is 5.92. The van der Waals surface area contributed by atoms with E-state index in [-0.39, 0.29) is 19.0 Å². The second-order valence-corrected chi connectivity index (χ2v) is 8.53. The molecule has 7 nitrogen and oxygen atoms in total. The first kappa shape index (κ1) is 22.0. The lowest BCUT2D eigenvalue weighted by Gasteiger charge is -2.07. The molecule has 0 saturated heterocycles. The van der Waals surface area contributed by atoms with Crippen LogP contribution in [0.1, 0.15) is 32.5 Å². The second-order valence-electron chi connectivity index (χ2n) is 6.62. The first-order valence-corrected chi connectivity index (χ1v) is 11.4. The maximum atomic E-state index is 13.0. The van der Waals surface area contributed by atoms with Crippen molar-refractivity contribution >= 4 is 29.1 Å². The van der Waals surface area contributed by atoms with Gasteiger partial charge in [0, 0.05) is 23.4 Å². The molecule has 1 aromatic carbocycles. The van der Waals surface area contributed by atoms with Crippen molar-refractivity contribution in [2.75, 3.05) is 0 Å². The maximum Gasteiger partial charge on any atom is 0.341 e. The lowest BCUT2D eigenvalue weighted by atomic mass is 10.3. The zero-order chi connectivity index (χ0) is 22.3. The van der Waals surface area contributed by atoms with Gasteiger partial charge in [-0.25, -0.2) is 19.2 Å². The largest absolute Gasteiger partial charge is 0.486 e. The number of ether oxygens (including phenoxy) is 2. The molecule has 4 rings (SSSR count). The number of thiazole rings is 1. The average Bonchev–Trinajstić information content (AvgIpc) is 3.44. The van der Waals surface area contributed by atoms with Gasteiger partial charge in [-0.2, -0.15) is 0 Å². The number of aromatic nitrogens is 3. The number of carbonyl (C=O) groups is 1. The van der Waals surface area contributed by atoms with Crippen molar-refractivity contribution in [3.8, 4) is 5.75 Å². The van der Waals surface area contributed by atoms with Crippen LogP contribution in [0.15, 0.2) is 63.6 Å². The number of carbonyl (C=O) groups excluding carboxylic acids is 1. The molecular weight excluding hydrogens is 453 g/mol. The number of hydrogen-bond acceptors (Lipinski definition) is 9. The third-order valence-corrected chi connectivity index (χ3v) is 6.06. The van der Waals surface area contributed by atoms with Gasteiger partial charge in [0.1, 0.15) is 40.6 Å². The topological polar surface area (TPSA) is 87.3 Å². The van der Waals surface area contributed by atoms with Crippen LogP contribution in [-0.2, 0) is 23.7 Å². The summed E-state index contributed by atoms with van der Waals surface area (Å²) in [6.07, 6.45) is 1.63. The van der Waals surface area contributed by atoms with E-state index >= 15 is 0 Å². The van der Waals surface area contributed by atoms with E-state index in [1.54, 1.807) is 30.5 Å². The van der Waals surface area contributed by atoms with Crippen molar-refractivity contribution in [3.05, 3.63) is 87.6 Å². The zero-order valence-corrected chi connectivity index (χ0v) is 18.6. The van der Waals surface area contributed by atoms with E-state index in [2.05, 4.69) is 15.1 Å². The van der Waals surface area contributed by atoms with Gasteiger partial charge in [0.15, 0.2) is 0 Å². The molecule has 0 radical (unpaired) electrons. The Balaban J connectivity index is 1.30. The standard InChI is InChI=1S/C22H18FN3O4S2/c1-14-9-16(26-30-14)12-32-21-19(3-2-8-24-21)22(27)29-10-17-13-31-20(25-17)11-28-18-6-4-15(23)5-7-18/h2-9,13H,10-12H2,1H3. The fraction of sp³-hybridized carbons (Fsp3) is 0.182. The van der Waals surface area contributed by atoms with Crippen molar-refractivity contribution in [1.29, 1.82) is 0 Å². The molecule has 3 heterocycles. The van der Waals surface area contributed by atoms with Crippen LogP contribution in [-0.4, -0.2) is 21.1 Å². The minimum Gasteiger partial charge on any atom is -0.486 e. The van der Waals surface area contributed by atoms with E-state index in [1.807, 2.05) is 18.4 Å². The second kappa shape index (κ2) is 10.4. The van der Waals surface area contributed by atoms with Crippen molar-refractivity contribution in [2.45, 2.75) is 30.9 Å². The van der Waals surface area contributed by atoms with Gasteiger partial charge in [0.25, 0.3) is 0 Å². The van der Waals surface area contributed by atoms with Gasteiger partial charge in [0.05, 0.1) is 17.0 Å². The molecule has 10 heteroatoms. The number of pyridine rings is 1. The molecule has 32 heavy (non-hydrogen) atoms. The lowest BCUT2D eigenvalue weighted by molar-refractivity contribution is 0.0463. The number of rotatable bonds is 9. The highest BCUT2D eigenvalue weighted by Gasteiger charge is 2.16. The molecule has 0 amide bonds. The fourth-order valence-corrected chi connectivity index (χ4v) is 4.22. The Labute approximate surface area is 191 Å². The molecule has 4 aromatic rings. The van der Waals surface area contributed by atoms with E-state index < -0.39 is 5.97 Å². The predicted octanol–water partition coefficient (Wildman–Crippen LogP) is 5.20. The van der Waals surface area contributed by atoms with E-state index in [1.165, 1.54) is 35.2 Å². The van der Waals surface area contributed by atoms with Crippen molar-refractivity contribution in [2.24, 2.45) is 0 Å². The monoisotopic (exact) mass is 471 g/mol. The van der Waals surface area contributed by atoms with Crippen LogP contribution < -0.4 is 4.74 Å². The number of benzene rings is 1. The number of thioether (sulfide) groups is 1. The summed E-state index contributed by atoms with van der Waals surface area (Å²) < 4.78 is 29.0. The Morgan fingerprint density at radius 1 is 1.19 bits per heavy atom. The zero-order valence-electron chi connectivity index (χ0n) is 17.0. The highest BCUT2D eigenvalue weighted by molar-refractivity contribution is 7.98. The summed E-state index contributed by atoms with van der Waals surface area (Å²) in [7, 11) is 0. The Morgan fingerprint density at radius 3 is 2.81 bits per heavy atom. The van der Waals surface area contributed by atoms with E-state index in [9.17, 15) is 9.18 Å².